The lowest BCUT2D eigenvalue weighted by atomic mass is 10.0. The van der Waals surface area contributed by atoms with E-state index in [-0.39, 0.29) is 18.2 Å². The molecule has 0 fully saturated rings. The highest BCUT2D eigenvalue weighted by molar-refractivity contribution is 5.98. The van der Waals surface area contributed by atoms with Gasteiger partial charge in [-0.15, -0.1) is 0 Å². The number of nitrogens with one attached hydrogen (secondary N) is 2. The van der Waals surface area contributed by atoms with Gasteiger partial charge in [-0.25, -0.2) is 4.68 Å². The van der Waals surface area contributed by atoms with Gasteiger partial charge in [0, 0.05) is 12.1 Å². The van der Waals surface area contributed by atoms with Gasteiger partial charge in [0.15, 0.2) is 0 Å². The fourth-order valence-electron chi connectivity index (χ4n) is 2.57. The summed E-state index contributed by atoms with van der Waals surface area (Å²) in [6.07, 6.45) is 0.0807. The molecule has 8 nitrogen and oxygen atoms in total. The van der Waals surface area contributed by atoms with Gasteiger partial charge in [-0.1, -0.05) is 0 Å². The van der Waals surface area contributed by atoms with Crippen molar-refractivity contribution in [3.05, 3.63) is 30.1 Å². The van der Waals surface area contributed by atoms with Crippen LogP contribution in [-0.4, -0.2) is 33.2 Å². The van der Waals surface area contributed by atoms with E-state index in [4.69, 9.17) is 4.74 Å². The van der Waals surface area contributed by atoms with E-state index in [1.807, 2.05) is 6.92 Å². The van der Waals surface area contributed by atoms with Crippen LogP contribution in [0.2, 0.25) is 0 Å². The molecular weight excluding hydrogens is 310 g/mol. The molecule has 1 aliphatic rings. The molecular formula is C16H19N5O3. The molecule has 3 rings (SSSR count). The highest BCUT2D eigenvalue weighted by Crippen LogP contribution is 2.20. The molecule has 0 radical (unpaired) electrons. The Labute approximate surface area is 139 Å². The molecule has 2 aromatic rings. The van der Waals surface area contributed by atoms with E-state index >= 15 is 0 Å². The van der Waals surface area contributed by atoms with Crippen LogP contribution >= 0.6 is 0 Å². The van der Waals surface area contributed by atoms with Crippen molar-refractivity contribution in [2.45, 2.75) is 26.8 Å². The van der Waals surface area contributed by atoms with Crippen LogP contribution in [0.25, 0.3) is 0 Å². The van der Waals surface area contributed by atoms with Crippen LogP contribution in [0, 0.1) is 12.8 Å². The van der Waals surface area contributed by atoms with E-state index < -0.39 is 5.92 Å². The average molecular weight is 329 g/mol. The number of carbonyl (C=O) groups is 2. The smallest absolute Gasteiger partial charge is 0.232 e. The second-order valence-electron chi connectivity index (χ2n) is 5.56. The third-order valence-corrected chi connectivity index (χ3v) is 3.66. The minimum Gasteiger partial charge on any atom is -0.494 e. The Hall–Kier alpha value is -2.90. The summed E-state index contributed by atoms with van der Waals surface area (Å²) in [5.74, 6) is 0.860. The van der Waals surface area contributed by atoms with Crippen LogP contribution < -0.4 is 15.4 Å². The minimum atomic E-state index is -0.471. The lowest BCUT2D eigenvalue weighted by molar-refractivity contribution is -0.125. The van der Waals surface area contributed by atoms with Crippen molar-refractivity contribution in [2.75, 3.05) is 17.2 Å². The Morgan fingerprint density at radius 3 is 2.88 bits per heavy atom. The summed E-state index contributed by atoms with van der Waals surface area (Å²) in [4.78, 5) is 28.4. The van der Waals surface area contributed by atoms with E-state index in [1.54, 1.807) is 35.9 Å². The second kappa shape index (κ2) is 6.69. The van der Waals surface area contributed by atoms with Gasteiger partial charge in [0.25, 0.3) is 0 Å². The van der Waals surface area contributed by atoms with Gasteiger partial charge in [0.1, 0.15) is 11.6 Å². The van der Waals surface area contributed by atoms with Crippen molar-refractivity contribution in [3.63, 3.8) is 0 Å². The minimum absolute atomic E-state index is 0.0807. The maximum Gasteiger partial charge on any atom is 0.232 e. The first-order chi connectivity index (χ1) is 11.5. The molecule has 0 saturated carbocycles. The third kappa shape index (κ3) is 3.53. The summed E-state index contributed by atoms with van der Waals surface area (Å²) < 4.78 is 6.97. The fourth-order valence-corrected chi connectivity index (χ4v) is 2.57. The Balaban J connectivity index is 1.59. The van der Waals surface area contributed by atoms with Crippen LogP contribution in [0.4, 0.5) is 11.6 Å². The Bertz CT molecular complexity index is 754. The third-order valence-electron chi connectivity index (χ3n) is 3.66. The Kier molecular flexibility index (Phi) is 4.45. The molecule has 1 unspecified atom stereocenters. The molecule has 0 saturated heterocycles. The molecule has 2 heterocycles. The van der Waals surface area contributed by atoms with Gasteiger partial charge in [0.05, 0.1) is 19.1 Å². The van der Waals surface area contributed by atoms with E-state index in [0.717, 1.165) is 5.75 Å². The summed E-state index contributed by atoms with van der Waals surface area (Å²) in [5, 5.41) is 9.66. The highest BCUT2D eigenvalue weighted by atomic mass is 16.5. The lowest BCUT2D eigenvalue weighted by Gasteiger charge is -2.21. The normalized spacial score (nSPS) is 16.2. The molecule has 126 valence electrons. The summed E-state index contributed by atoms with van der Waals surface area (Å²) in [7, 11) is 0. The molecule has 1 aromatic carbocycles. The molecule has 0 bridgehead atoms. The molecule has 2 amide bonds. The van der Waals surface area contributed by atoms with Crippen molar-refractivity contribution >= 4 is 23.5 Å². The average Bonchev–Trinajstić information content (AvgIpc) is 2.89. The molecule has 1 aromatic heterocycles. The van der Waals surface area contributed by atoms with E-state index in [1.165, 1.54) is 0 Å². The molecule has 1 aliphatic heterocycles. The number of hydrogen-bond donors (Lipinski definition) is 2. The number of amides is 2. The van der Waals surface area contributed by atoms with Crippen molar-refractivity contribution in [3.8, 4) is 5.75 Å². The van der Waals surface area contributed by atoms with E-state index in [0.29, 0.717) is 30.6 Å². The van der Waals surface area contributed by atoms with Crippen LogP contribution in [0.3, 0.4) is 0 Å². The molecule has 8 heteroatoms. The standard InChI is InChI=1S/C16H19N5O3/c1-3-24-13-6-4-12(5-7-13)18-14(22)8-11-9-21-16(19-15(11)23)17-10(2)20-21/h4-7,11H,3,8-9H2,1-2H3,(H,18,22)(H,17,19,20,23). The number of aromatic nitrogens is 3. The Morgan fingerprint density at radius 1 is 1.42 bits per heavy atom. The van der Waals surface area contributed by atoms with Crippen molar-refractivity contribution < 1.29 is 14.3 Å². The zero-order valence-electron chi connectivity index (χ0n) is 13.6. The number of fused-ring (bicyclic) bond motifs is 1. The van der Waals surface area contributed by atoms with Gasteiger partial charge in [0.2, 0.25) is 17.8 Å². The fraction of sp³-hybridized carbons (Fsp3) is 0.375. The van der Waals surface area contributed by atoms with Gasteiger partial charge >= 0.3 is 0 Å². The predicted octanol–water partition coefficient (Wildman–Crippen LogP) is 1.58. The van der Waals surface area contributed by atoms with Gasteiger partial charge in [-0.05, 0) is 38.1 Å². The van der Waals surface area contributed by atoms with Gasteiger partial charge in [-0.2, -0.15) is 10.1 Å². The molecule has 1 atom stereocenters. The molecule has 0 aliphatic carbocycles. The van der Waals surface area contributed by atoms with Gasteiger partial charge in [-0.3, -0.25) is 14.9 Å². The van der Waals surface area contributed by atoms with Gasteiger partial charge < -0.3 is 10.1 Å². The topological polar surface area (TPSA) is 98.1 Å². The maximum absolute atomic E-state index is 12.2. The quantitative estimate of drug-likeness (QED) is 0.868. The predicted molar refractivity (Wildman–Crippen MR) is 87.7 cm³/mol. The number of hydrogen-bond acceptors (Lipinski definition) is 5. The number of aryl methyl sites for hydroxylation is 1. The number of anilines is 2. The number of nitrogens with zero attached hydrogens (tertiary/aromatic N) is 3. The first-order valence-electron chi connectivity index (χ1n) is 7.80. The Morgan fingerprint density at radius 2 is 2.17 bits per heavy atom. The number of benzene rings is 1. The zero-order chi connectivity index (χ0) is 17.1. The summed E-state index contributed by atoms with van der Waals surface area (Å²) in [6, 6.07) is 7.11. The molecule has 24 heavy (non-hydrogen) atoms. The van der Waals surface area contributed by atoms with E-state index in [2.05, 4.69) is 20.7 Å². The number of carbonyl (C=O) groups excluding carboxylic acids is 2. The van der Waals surface area contributed by atoms with E-state index in [9.17, 15) is 9.59 Å². The first kappa shape index (κ1) is 16.0. The monoisotopic (exact) mass is 329 g/mol. The first-order valence-corrected chi connectivity index (χ1v) is 7.80. The lowest BCUT2D eigenvalue weighted by Crippen LogP contribution is -2.36. The zero-order valence-corrected chi connectivity index (χ0v) is 13.6. The van der Waals surface area contributed by atoms with Crippen molar-refractivity contribution in [1.29, 1.82) is 0 Å². The highest BCUT2D eigenvalue weighted by Gasteiger charge is 2.29. The summed E-state index contributed by atoms with van der Waals surface area (Å²) in [5.41, 5.74) is 0.664. The molecule has 0 spiro atoms. The van der Waals surface area contributed by atoms with Crippen LogP contribution in [0.5, 0.6) is 5.75 Å². The van der Waals surface area contributed by atoms with Crippen LogP contribution in [0.15, 0.2) is 24.3 Å². The largest absolute Gasteiger partial charge is 0.494 e. The second-order valence-corrected chi connectivity index (χ2v) is 5.56. The van der Waals surface area contributed by atoms with Crippen LogP contribution in [0.1, 0.15) is 19.2 Å². The number of ether oxygens (including phenoxy) is 1. The van der Waals surface area contributed by atoms with Crippen molar-refractivity contribution in [2.24, 2.45) is 5.92 Å². The summed E-state index contributed by atoms with van der Waals surface area (Å²) >= 11 is 0. The number of rotatable bonds is 5. The summed E-state index contributed by atoms with van der Waals surface area (Å²) in [6.45, 7) is 4.60. The van der Waals surface area contributed by atoms with Crippen molar-refractivity contribution in [1.82, 2.24) is 14.8 Å². The van der Waals surface area contributed by atoms with Crippen LogP contribution in [-0.2, 0) is 16.1 Å². The maximum atomic E-state index is 12.2. The molecule has 2 N–H and O–H groups in total. The SMILES string of the molecule is CCOc1ccc(NC(=O)CC2Cn3nc(C)nc3NC2=O)cc1.